The summed E-state index contributed by atoms with van der Waals surface area (Å²) >= 11 is 0. The largest absolute Gasteiger partial charge is 0.480 e. The monoisotopic (exact) mass is 507 g/mol. The predicted molar refractivity (Wildman–Crippen MR) is 134 cm³/mol. The number of carboxylic acid groups (broad SMARTS) is 1. The van der Waals surface area contributed by atoms with Gasteiger partial charge in [0.2, 0.25) is 11.8 Å². The quantitative estimate of drug-likeness (QED) is 0.422. The maximum absolute atomic E-state index is 12.8. The number of piperidine rings is 2. The van der Waals surface area contributed by atoms with E-state index in [0.29, 0.717) is 31.1 Å². The Morgan fingerprint density at radius 2 is 1.76 bits per heavy atom. The van der Waals surface area contributed by atoms with Gasteiger partial charge in [0, 0.05) is 69.4 Å². The number of rotatable bonds is 5. The SMILES string of the molecule is O=C(O)CN1CCC(N2CCN(CC#Cc3ccc4c(c3)CN(C3CCC(=O)NC3=O)C4=O)CC2)CC1. The van der Waals surface area contributed by atoms with Crippen molar-refractivity contribution in [3.8, 4) is 11.8 Å². The highest BCUT2D eigenvalue weighted by Crippen LogP contribution is 2.28. The maximum Gasteiger partial charge on any atom is 0.317 e. The second kappa shape index (κ2) is 11.0. The maximum atomic E-state index is 12.8. The number of benzene rings is 1. The van der Waals surface area contributed by atoms with Crippen LogP contribution < -0.4 is 5.32 Å². The van der Waals surface area contributed by atoms with Crippen molar-refractivity contribution in [1.82, 2.24) is 24.9 Å². The highest BCUT2D eigenvalue weighted by molar-refractivity contribution is 6.05. The van der Waals surface area contributed by atoms with Gasteiger partial charge in [-0.1, -0.05) is 11.8 Å². The first kappa shape index (κ1) is 25.4. The van der Waals surface area contributed by atoms with Gasteiger partial charge in [-0.2, -0.15) is 0 Å². The molecule has 2 N–H and O–H groups in total. The summed E-state index contributed by atoms with van der Waals surface area (Å²) in [7, 11) is 0. The van der Waals surface area contributed by atoms with Crippen molar-refractivity contribution in [2.75, 3.05) is 52.4 Å². The van der Waals surface area contributed by atoms with Gasteiger partial charge in [0.15, 0.2) is 0 Å². The van der Waals surface area contributed by atoms with E-state index < -0.39 is 17.9 Å². The van der Waals surface area contributed by atoms with Crippen LogP contribution in [-0.2, 0) is 20.9 Å². The molecule has 3 amide bonds. The molecule has 3 fully saturated rings. The minimum atomic E-state index is -0.754. The van der Waals surface area contributed by atoms with Crippen LogP contribution in [0.1, 0.15) is 47.2 Å². The summed E-state index contributed by atoms with van der Waals surface area (Å²) in [6.07, 6.45) is 2.64. The highest BCUT2D eigenvalue weighted by Gasteiger charge is 2.39. The van der Waals surface area contributed by atoms with Crippen molar-refractivity contribution in [1.29, 1.82) is 0 Å². The average Bonchev–Trinajstić information content (AvgIpc) is 3.20. The zero-order valence-electron chi connectivity index (χ0n) is 20.9. The first-order chi connectivity index (χ1) is 17.9. The Balaban J connectivity index is 1.10. The minimum Gasteiger partial charge on any atom is -0.480 e. The van der Waals surface area contributed by atoms with E-state index in [4.69, 9.17) is 5.11 Å². The molecule has 10 heteroatoms. The van der Waals surface area contributed by atoms with Gasteiger partial charge in [-0.05, 0) is 43.0 Å². The first-order valence-electron chi connectivity index (χ1n) is 13.0. The lowest BCUT2D eigenvalue weighted by molar-refractivity contribution is -0.139. The Morgan fingerprint density at radius 1 is 1.00 bits per heavy atom. The summed E-state index contributed by atoms with van der Waals surface area (Å²) in [6.45, 7) is 6.80. The van der Waals surface area contributed by atoms with E-state index in [9.17, 15) is 19.2 Å². The molecular weight excluding hydrogens is 474 g/mol. The van der Waals surface area contributed by atoms with E-state index in [-0.39, 0.29) is 24.8 Å². The second-order valence-electron chi connectivity index (χ2n) is 10.3. The number of carbonyl (C=O) groups excluding carboxylic acids is 3. The van der Waals surface area contributed by atoms with Gasteiger partial charge in [0.25, 0.3) is 5.91 Å². The lowest BCUT2D eigenvalue weighted by Crippen LogP contribution is -2.53. The molecular formula is C27H33N5O5. The highest BCUT2D eigenvalue weighted by atomic mass is 16.4. The number of hydrogen-bond acceptors (Lipinski definition) is 7. The lowest BCUT2D eigenvalue weighted by Gasteiger charge is -2.42. The number of carbonyl (C=O) groups is 4. The molecule has 1 aromatic rings. The smallest absolute Gasteiger partial charge is 0.317 e. The number of fused-ring (bicyclic) bond motifs is 1. The topological polar surface area (TPSA) is 114 Å². The third-order valence-electron chi connectivity index (χ3n) is 7.90. The molecule has 4 aliphatic heterocycles. The molecule has 0 spiro atoms. The van der Waals surface area contributed by atoms with E-state index in [1.807, 2.05) is 17.0 Å². The molecule has 4 heterocycles. The van der Waals surface area contributed by atoms with Crippen LogP contribution in [0.2, 0.25) is 0 Å². The average molecular weight is 508 g/mol. The van der Waals surface area contributed by atoms with Crippen LogP contribution in [0.3, 0.4) is 0 Å². The van der Waals surface area contributed by atoms with Gasteiger partial charge >= 0.3 is 5.97 Å². The fraction of sp³-hybridized carbons (Fsp3) is 0.556. The number of hydrogen-bond donors (Lipinski definition) is 2. The Kier molecular flexibility index (Phi) is 7.55. The van der Waals surface area contributed by atoms with Gasteiger partial charge in [-0.15, -0.1) is 0 Å². The molecule has 1 atom stereocenters. The fourth-order valence-electron chi connectivity index (χ4n) is 5.83. The molecule has 1 unspecified atom stereocenters. The summed E-state index contributed by atoms with van der Waals surface area (Å²) in [6, 6.07) is 5.50. The number of nitrogens with one attached hydrogen (secondary N) is 1. The summed E-state index contributed by atoms with van der Waals surface area (Å²) in [5.74, 6) is 4.88. The van der Waals surface area contributed by atoms with Gasteiger partial charge in [0.05, 0.1) is 13.1 Å². The molecule has 1 aromatic carbocycles. The number of piperazine rings is 1. The number of amides is 3. The van der Waals surface area contributed by atoms with Gasteiger partial charge in [0.1, 0.15) is 6.04 Å². The Hall–Kier alpha value is -3.26. The summed E-state index contributed by atoms with van der Waals surface area (Å²) < 4.78 is 0. The fourth-order valence-corrected chi connectivity index (χ4v) is 5.83. The van der Waals surface area contributed by atoms with E-state index in [1.54, 1.807) is 11.0 Å². The summed E-state index contributed by atoms with van der Waals surface area (Å²) in [5.41, 5.74) is 2.31. The van der Waals surface area contributed by atoms with Crippen LogP contribution in [-0.4, -0.2) is 113 Å². The second-order valence-corrected chi connectivity index (χ2v) is 10.3. The lowest BCUT2D eigenvalue weighted by atomic mass is 10.0. The van der Waals surface area contributed by atoms with Crippen LogP contribution >= 0.6 is 0 Å². The minimum absolute atomic E-state index is 0.137. The standard InChI is InChI=1S/C27H33N5O5/c33-24-6-5-23(26(36)28-24)32-17-20-16-19(3-4-22(20)27(32)37)2-1-9-29-12-14-31(15-13-29)21-7-10-30(11-8-21)18-25(34)35/h3-4,16,21,23H,5-15,17-18H2,(H,34,35)(H,28,33,36). The third kappa shape index (κ3) is 5.85. The van der Waals surface area contributed by atoms with E-state index in [2.05, 4.69) is 27.0 Å². The van der Waals surface area contributed by atoms with Crippen molar-refractivity contribution >= 4 is 23.7 Å². The van der Waals surface area contributed by atoms with Gasteiger partial charge < -0.3 is 10.0 Å². The molecule has 0 aliphatic carbocycles. The molecule has 0 bridgehead atoms. The molecule has 10 nitrogen and oxygen atoms in total. The van der Waals surface area contributed by atoms with Gasteiger partial charge in [-0.3, -0.25) is 39.2 Å². The Bertz CT molecular complexity index is 1140. The molecule has 5 rings (SSSR count). The number of likely N-dealkylation sites (tertiary alicyclic amines) is 1. The summed E-state index contributed by atoms with van der Waals surface area (Å²) in [4.78, 5) is 55.9. The third-order valence-corrected chi connectivity index (χ3v) is 7.90. The molecule has 37 heavy (non-hydrogen) atoms. The van der Waals surface area contributed by atoms with Crippen molar-refractivity contribution in [3.63, 3.8) is 0 Å². The molecule has 3 saturated heterocycles. The Morgan fingerprint density at radius 3 is 2.46 bits per heavy atom. The molecule has 0 aromatic heterocycles. The van der Waals surface area contributed by atoms with E-state index in [0.717, 1.165) is 63.2 Å². The Labute approximate surface area is 216 Å². The van der Waals surface area contributed by atoms with Gasteiger partial charge in [-0.25, -0.2) is 0 Å². The van der Waals surface area contributed by atoms with E-state index >= 15 is 0 Å². The summed E-state index contributed by atoms with van der Waals surface area (Å²) in [5, 5.41) is 11.3. The molecule has 196 valence electrons. The van der Waals surface area contributed by atoms with Crippen molar-refractivity contribution < 1.29 is 24.3 Å². The van der Waals surface area contributed by atoms with Crippen LogP contribution in [0.25, 0.3) is 0 Å². The van der Waals surface area contributed by atoms with Crippen LogP contribution in [0.4, 0.5) is 0 Å². The zero-order chi connectivity index (χ0) is 25.9. The van der Waals surface area contributed by atoms with Crippen molar-refractivity contribution in [3.05, 3.63) is 34.9 Å². The number of carboxylic acids is 1. The number of imide groups is 1. The molecule has 0 saturated carbocycles. The number of aliphatic carboxylic acids is 1. The zero-order valence-corrected chi connectivity index (χ0v) is 20.9. The molecule has 0 radical (unpaired) electrons. The normalized spacial score (nSPS) is 23.9. The first-order valence-corrected chi connectivity index (χ1v) is 13.0. The van der Waals surface area contributed by atoms with Crippen molar-refractivity contribution in [2.24, 2.45) is 0 Å². The van der Waals surface area contributed by atoms with Crippen LogP contribution in [0, 0.1) is 11.8 Å². The predicted octanol–water partition coefficient (Wildman–Crippen LogP) is -0.0343. The van der Waals surface area contributed by atoms with Crippen LogP contribution in [0.5, 0.6) is 0 Å². The number of nitrogens with zero attached hydrogens (tertiary/aromatic N) is 4. The van der Waals surface area contributed by atoms with Crippen LogP contribution in [0.15, 0.2) is 18.2 Å². The molecule has 4 aliphatic rings. The van der Waals surface area contributed by atoms with Crippen molar-refractivity contribution in [2.45, 2.75) is 44.3 Å². The van der Waals surface area contributed by atoms with E-state index in [1.165, 1.54) is 0 Å².